The molecule has 1 amide bonds. The predicted octanol–water partition coefficient (Wildman–Crippen LogP) is 2.90. The van der Waals surface area contributed by atoms with E-state index in [0.717, 1.165) is 0 Å². The topological polar surface area (TPSA) is 109 Å². The number of nitrogens with zero attached hydrogens (tertiary/aromatic N) is 2. The van der Waals surface area contributed by atoms with E-state index in [1.165, 1.54) is 18.2 Å². The highest BCUT2D eigenvalue weighted by Crippen LogP contribution is 2.26. The molecule has 2 aromatic rings. The summed E-state index contributed by atoms with van der Waals surface area (Å²) >= 11 is 0. The lowest BCUT2D eigenvalue weighted by molar-refractivity contribution is -0.384. The minimum absolute atomic E-state index is 0.0453. The van der Waals surface area contributed by atoms with E-state index >= 15 is 0 Å². The van der Waals surface area contributed by atoms with Crippen LogP contribution >= 0.6 is 0 Å². The van der Waals surface area contributed by atoms with Crippen LogP contribution in [-0.2, 0) is 4.79 Å². The van der Waals surface area contributed by atoms with Crippen molar-refractivity contribution in [1.82, 2.24) is 5.32 Å². The standard InChI is InChI=1S/C16H13N3O4/c1-2-18-16(20)12(10-17)9-14-6-7-15(23-14)11-4-3-5-13(8-11)19(21)22/h3-9H,2H2,1H3,(H,18,20)/b12-9+. The molecule has 116 valence electrons. The van der Waals surface area contributed by atoms with E-state index in [2.05, 4.69) is 5.32 Å². The molecule has 0 saturated carbocycles. The molecule has 1 heterocycles. The molecule has 0 bridgehead atoms. The fourth-order valence-corrected chi connectivity index (χ4v) is 1.90. The van der Waals surface area contributed by atoms with Gasteiger partial charge >= 0.3 is 0 Å². The van der Waals surface area contributed by atoms with Gasteiger partial charge in [-0.25, -0.2) is 0 Å². The summed E-state index contributed by atoms with van der Waals surface area (Å²) in [6.07, 6.45) is 1.33. The average Bonchev–Trinajstić information content (AvgIpc) is 3.01. The minimum Gasteiger partial charge on any atom is -0.457 e. The lowest BCUT2D eigenvalue weighted by Crippen LogP contribution is -2.23. The minimum atomic E-state index is -0.490. The summed E-state index contributed by atoms with van der Waals surface area (Å²) in [4.78, 5) is 22.0. The van der Waals surface area contributed by atoms with Crippen LogP contribution in [0.2, 0.25) is 0 Å². The Kier molecular flexibility index (Phi) is 4.89. The van der Waals surface area contributed by atoms with Crippen molar-refractivity contribution in [3.8, 4) is 17.4 Å². The highest BCUT2D eigenvalue weighted by Gasteiger charge is 2.12. The summed E-state index contributed by atoms with van der Waals surface area (Å²) in [6, 6.07) is 11.0. The molecule has 7 nitrogen and oxygen atoms in total. The van der Waals surface area contributed by atoms with Crippen molar-refractivity contribution in [1.29, 1.82) is 5.26 Å². The van der Waals surface area contributed by atoms with Crippen LogP contribution in [0.5, 0.6) is 0 Å². The van der Waals surface area contributed by atoms with Gasteiger partial charge in [-0.05, 0) is 19.1 Å². The van der Waals surface area contributed by atoms with Crippen LogP contribution in [0.25, 0.3) is 17.4 Å². The zero-order chi connectivity index (χ0) is 16.8. The van der Waals surface area contributed by atoms with Crippen molar-refractivity contribution < 1.29 is 14.1 Å². The zero-order valence-corrected chi connectivity index (χ0v) is 12.3. The molecule has 1 N–H and O–H groups in total. The second-order valence-corrected chi connectivity index (χ2v) is 4.54. The molecule has 2 rings (SSSR count). The quantitative estimate of drug-likeness (QED) is 0.395. The fourth-order valence-electron chi connectivity index (χ4n) is 1.90. The van der Waals surface area contributed by atoms with Crippen molar-refractivity contribution in [3.05, 3.63) is 57.8 Å². The summed E-state index contributed by atoms with van der Waals surface area (Å²) in [6.45, 7) is 2.16. The van der Waals surface area contributed by atoms with Crippen LogP contribution in [0.4, 0.5) is 5.69 Å². The number of rotatable bonds is 5. The van der Waals surface area contributed by atoms with Crippen molar-refractivity contribution in [2.75, 3.05) is 6.54 Å². The van der Waals surface area contributed by atoms with Crippen molar-refractivity contribution >= 4 is 17.7 Å². The highest BCUT2D eigenvalue weighted by atomic mass is 16.6. The Morgan fingerprint density at radius 3 is 2.87 bits per heavy atom. The van der Waals surface area contributed by atoms with Gasteiger partial charge in [-0.1, -0.05) is 12.1 Å². The number of nitrogens with one attached hydrogen (secondary N) is 1. The second-order valence-electron chi connectivity index (χ2n) is 4.54. The molecule has 0 aliphatic heterocycles. The molecular formula is C16H13N3O4. The number of non-ortho nitro benzene ring substituents is 1. The van der Waals surface area contributed by atoms with Crippen LogP contribution < -0.4 is 5.32 Å². The highest BCUT2D eigenvalue weighted by molar-refractivity contribution is 6.01. The van der Waals surface area contributed by atoms with Crippen LogP contribution in [0.3, 0.4) is 0 Å². The maximum absolute atomic E-state index is 11.7. The summed E-state index contributed by atoms with van der Waals surface area (Å²) < 4.78 is 5.53. The third-order valence-electron chi connectivity index (χ3n) is 2.96. The number of hydrogen-bond acceptors (Lipinski definition) is 5. The number of hydrogen-bond donors (Lipinski definition) is 1. The van der Waals surface area contributed by atoms with E-state index in [9.17, 15) is 14.9 Å². The first-order chi connectivity index (χ1) is 11.0. The average molecular weight is 311 g/mol. The van der Waals surface area contributed by atoms with Gasteiger partial charge in [-0.15, -0.1) is 0 Å². The number of nitriles is 1. The van der Waals surface area contributed by atoms with Crippen LogP contribution in [0.15, 0.2) is 46.4 Å². The molecule has 0 aliphatic carbocycles. The van der Waals surface area contributed by atoms with Crippen molar-refractivity contribution in [2.45, 2.75) is 6.92 Å². The number of furan rings is 1. The second kappa shape index (κ2) is 7.04. The number of nitro benzene ring substituents is 1. The van der Waals surface area contributed by atoms with Crippen molar-refractivity contribution in [3.63, 3.8) is 0 Å². The normalized spacial score (nSPS) is 10.9. The smallest absolute Gasteiger partial charge is 0.270 e. The summed E-state index contributed by atoms with van der Waals surface area (Å²) in [5, 5.41) is 22.3. The fraction of sp³-hybridized carbons (Fsp3) is 0.125. The number of carbonyl (C=O) groups excluding carboxylic acids is 1. The SMILES string of the molecule is CCNC(=O)/C(C#N)=C/c1ccc(-c2cccc([N+](=O)[O-])c2)o1. The molecule has 0 fully saturated rings. The Labute approximate surface area is 132 Å². The maximum Gasteiger partial charge on any atom is 0.270 e. The summed E-state index contributed by atoms with van der Waals surface area (Å²) in [5.74, 6) is 0.241. The van der Waals surface area contributed by atoms with Gasteiger partial charge in [0.2, 0.25) is 0 Å². The van der Waals surface area contributed by atoms with E-state index in [1.54, 1.807) is 31.2 Å². The molecule has 0 aliphatic rings. The monoisotopic (exact) mass is 311 g/mol. The van der Waals surface area contributed by atoms with Gasteiger partial charge in [-0.3, -0.25) is 14.9 Å². The summed E-state index contributed by atoms with van der Waals surface area (Å²) in [7, 11) is 0. The number of carbonyl (C=O) groups is 1. The van der Waals surface area contributed by atoms with Gasteiger partial charge < -0.3 is 9.73 Å². The molecule has 1 aromatic carbocycles. The molecular weight excluding hydrogens is 298 g/mol. The Hall–Kier alpha value is -3.40. The number of amides is 1. The Balaban J connectivity index is 2.30. The van der Waals surface area contributed by atoms with E-state index in [4.69, 9.17) is 9.68 Å². The van der Waals surface area contributed by atoms with E-state index in [1.807, 2.05) is 6.07 Å². The van der Waals surface area contributed by atoms with E-state index in [-0.39, 0.29) is 11.3 Å². The number of nitro groups is 1. The molecule has 23 heavy (non-hydrogen) atoms. The Bertz CT molecular complexity index is 815. The van der Waals surface area contributed by atoms with Crippen LogP contribution in [0.1, 0.15) is 12.7 Å². The lowest BCUT2D eigenvalue weighted by atomic mass is 10.1. The summed E-state index contributed by atoms with van der Waals surface area (Å²) in [5.41, 5.74) is 0.415. The molecule has 0 unspecified atom stereocenters. The van der Waals surface area contributed by atoms with Crippen LogP contribution in [0, 0.1) is 21.4 Å². The molecule has 0 atom stereocenters. The third-order valence-corrected chi connectivity index (χ3v) is 2.96. The molecule has 0 spiro atoms. The predicted molar refractivity (Wildman–Crippen MR) is 83.1 cm³/mol. The number of likely N-dealkylation sites (N-methyl/N-ethyl adjacent to an activating group) is 1. The Morgan fingerprint density at radius 2 is 2.22 bits per heavy atom. The van der Waals surface area contributed by atoms with Crippen molar-refractivity contribution in [2.24, 2.45) is 0 Å². The van der Waals surface area contributed by atoms with Gasteiger partial charge in [0.05, 0.1) is 4.92 Å². The lowest BCUT2D eigenvalue weighted by Gasteiger charge is -1.99. The largest absolute Gasteiger partial charge is 0.457 e. The Morgan fingerprint density at radius 1 is 1.43 bits per heavy atom. The van der Waals surface area contributed by atoms with E-state index in [0.29, 0.717) is 23.6 Å². The molecule has 7 heteroatoms. The van der Waals surface area contributed by atoms with Gasteiger partial charge in [0.25, 0.3) is 11.6 Å². The molecule has 1 aromatic heterocycles. The van der Waals surface area contributed by atoms with Gasteiger partial charge in [0.15, 0.2) is 0 Å². The molecule has 0 radical (unpaired) electrons. The molecule has 0 saturated heterocycles. The first-order valence-corrected chi connectivity index (χ1v) is 6.79. The van der Waals surface area contributed by atoms with Gasteiger partial charge in [0.1, 0.15) is 23.2 Å². The third kappa shape index (κ3) is 3.83. The zero-order valence-electron chi connectivity index (χ0n) is 12.3. The van der Waals surface area contributed by atoms with E-state index < -0.39 is 10.8 Å². The van der Waals surface area contributed by atoms with Crippen LogP contribution in [-0.4, -0.2) is 17.4 Å². The van der Waals surface area contributed by atoms with Gasteiger partial charge in [-0.2, -0.15) is 5.26 Å². The number of benzene rings is 1. The first-order valence-electron chi connectivity index (χ1n) is 6.79. The first kappa shape index (κ1) is 16.0. The maximum atomic E-state index is 11.7. The van der Waals surface area contributed by atoms with Gasteiger partial charge in [0, 0.05) is 30.3 Å².